The second kappa shape index (κ2) is 8.62. The molecule has 0 spiro atoms. The van der Waals surface area contributed by atoms with Crippen LogP contribution in [0.5, 0.6) is 0 Å². The summed E-state index contributed by atoms with van der Waals surface area (Å²) in [7, 11) is 0. The van der Waals surface area contributed by atoms with Crippen molar-refractivity contribution in [2.45, 2.75) is 39.4 Å². The van der Waals surface area contributed by atoms with E-state index in [1.54, 1.807) is 0 Å². The Balaban J connectivity index is 1.22. The molecule has 0 unspecified atom stereocenters. The Morgan fingerprint density at radius 2 is 1.79 bits per heavy atom. The molecule has 0 aliphatic carbocycles. The minimum absolute atomic E-state index is 0.580. The van der Waals surface area contributed by atoms with Gasteiger partial charge in [0.05, 0.1) is 5.52 Å². The Kier molecular flexibility index (Phi) is 5.47. The molecule has 3 aromatic rings. The lowest BCUT2D eigenvalue weighted by Crippen LogP contribution is -2.49. The largest absolute Gasteiger partial charge is 0.369 e. The summed E-state index contributed by atoms with van der Waals surface area (Å²) in [5.41, 5.74) is 8.18. The lowest BCUT2D eigenvalue weighted by atomic mass is 9.93. The number of anilines is 2. The third-order valence-electron chi connectivity index (χ3n) is 7.86. The summed E-state index contributed by atoms with van der Waals surface area (Å²) in [4.78, 5) is 12.6. The molecular weight excluding hydrogens is 406 g/mol. The Morgan fingerprint density at radius 1 is 0.939 bits per heavy atom. The van der Waals surface area contributed by atoms with Gasteiger partial charge in [0.15, 0.2) is 0 Å². The summed E-state index contributed by atoms with van der Waals surface area (Å²) in [5.74, 6) is 0.678. The second-order valence-corrected chi connectivity index (χ2v) is 10.3. The number of benzene rings is 2. The molecule has 6 rings (SSSR count). The van der Waals surface area contributed by atoms with E-state index in [-0.39, 0.29) is 0 Å². The van der Waals surface area contributed by atoms with Gasteiger partial charge in [-0.25, -0.2) is 0 Å². The quantitative estimate of drug-likeness (QED) is 0.660. The van der Waals surface area contributed by atoms with Crippen molar-refractivity contribution in [2.24, 2.45) is 5.92 Å². The van der Waals surface area contributed by atoms with Crippen LogP contribution >= 0.6 is 0 Å². The minimum atomic E-state index is 0.580. The van der Waals surface area contributed by atoms with Gasteiger partial charge in [-0.1, -0.05) is 19.1 Å². The van der Waals surface area contributed by atoms with Crippen LogP contribution in [0.25, 0.3) is 10.9 Å². The summed E-state index contributed by atoms with van der Waals surface area (Å²) in [6.45, 7) is 13.3. The van der Waals surface area contributed by atoms with Gasteiger partial charge in [0.25, 0.3) is 0 Å². The van der Waals surface area contributed by atoms with Crippen LogP contribution in [0.1, 0.15) is 30.0 Å². The summed E-state index contributed by atoms with van der Waals surface area (Å²) >= 11 is 0. The van der Waals surface area contributed by atoms with Crippen LogP contribution < -0.4 is 15.1 Å². The minimum Gasteiger partial charge on any atom is -0.369 e. The number of hydrogen-bond donors (Lipinski definition) is 1. The number of aromatic nitrogens is 1. The fourth-order valence-corrected chi connectivity index (χ4v) is 6.14. The normalized spacial score (nSPS) is 23.8. The molecule has 3 aliphatic heterocycles. The van der Waals surface area contributed by atoms with Gasteiger partial charge in [-0.05, 0) is 66.3 Å². The van der Waals surface area contributed by atoms with Gasteiger partial charge in [0.1, 0.15) is 0 Å². The first-order chi connectivity index (χ1) is 16.2. The number of nitrogens with zero attached hydrogens (tertiary/aromatic N) is 4. The van der Waals surface area contributed by atoms with Gasteiger partial charge in [-0.2, -0.15) is 0 Å². The Bertz CT molecular complexity index is 1150. The third kappa shape index (κ3) is 3.98. The molecule has 2 fully saturated rings. The molecule has 5 heteroatoms. The average molecular weight is 442 g/mol. The highest BCUT2D eigenvalue weighted by molar-refractivity contribution is 5.93. The van der Waals surface area contributed by atoms with Gasteiger partial charge < -0.3 is 15.1 Å². The smallest absolute Gasteiger partial charge is 0.0751 e. The molecule has 5 nitrogen and oxygen atoms in total. The van der Waals surface area contributed by atoms with Crippen LogP contribution in [-0.4, -0.2) is 55.2 Å². The first-order valence-electron chi connectivity index (χ1n) is 12.6. The lowest BCUT2D eigenvalue weighted by molar-refractivity contribution is 0.157. The number of rotatable bonds is 3. The molecule has 2 atom stereocenters. The molecule has 1 N–H and O–H groups in total. The monoisotopic (exact) mass is 441 g/mol. The zero-order valence-electron chi connectivity index (χ0n) is 19.9. The van der Waals surface area contributed by atoms with Gasteiger partial charge in [-0.15, -0.1) is 0 Å². The summed E-state index contributed by atoms with van der Waals surface area (Å²) in [6.07, 6.45) is 3.19. The van der Waals surface area contributed by atoms with Crippen molar-refractivity contribution in [3.05, 3.63) is 65.4 Å². The average Bonchev–Trinajstić information content (AvgIpc) is 3.28. The van der Waals surface area contributed by atoms with E-state index in [4.69, 9.17) is 0 Å². The van der Waals surface area contributed by atoms with Crippen LogP contribution in [0.2, 0.25) is 0 Å². The van der Waals surface area contributed by atoms with Crippen LogP contribution in [-0.2, 0) is 13.1 Å². The first kappa shape index (κ1) is 20.9. The maximum atomic E-state index is 4.68. The van der Waals surface area contributed by atoms with E-state index in [0.717, 1.165) is 57.9 Å². The molecule has 172 valence electrons. The fraction of sp³-hybridized carbons (Fsp3) is 0.464. The highest BCUT2D eigenvalue weighted by Crippen LogP contribution is 2.35. The summed E-state index contributed by atoms with van der Waals surface area (Å²) in [6, 6.07) is 16.6. The summed E-state index contributed by atoms with van der Waals surface area (Å²) < 4.78 is 0. The maximum absolute atomic E-state index is 4.68. The summed E-state index contributed by atoms with van der Waals surface area (Å²) in [5, 5.41) is 4.75. The van der Waals surface area contributed by atoms with Crippen molar-refractivity contribution in [1.29, 1.82) is 0 Å². The Labute approximate surface area is 197 Å². The van der Waals surface area contributed by atoms with Crippen molar-refractivity contribution in [1.82, 2.24) is 15.2 Å². The van der Waals surface area contributed by atoms with Gasteiger partial charge >= 0.3 is 0 Å². The lowest BCUT2D eigenvalue weighted by Gasteiger charge is -2.42. The number of hydrogen-bond acceptors (Lipinski definition) is 5. The molecule has 2 aromatic carbocycles. The van der Waals surface area contributed by atoms with Crippen LogP contribution in [0.15, 0.2) is 48.7 Å². The molecular formula is C28H35N5. The molecule has 1 aromatic heterocycles. The number of piperazine rings is 1. The van der Waals surface area contributed by atoms with Crippen molar-refractivity contribution >= 4 is 22.3 Å². The highest BCUT2D eigenvalue weighted by atomic mass is 15.2. The van der Waals surface area contributed by atoms with Crippen molar-refractivity contribution in [3.8, 4) is 0 Å². The first-order valence-corrected chi connectivity index (χ1v) is 12.6. The number of pyridine rings is 1. The molecule has 0 bridgehead atoms. The van der Waals surface area contributed by atoms with E-state index in [2.05, 4.69) is 81.3 Å². The van der Waals surface area contributed by atoms with Gasteiger partial charge in [0.2, 0.25) is 0 Å². The zero-order chi connectivity index (χ0) is 22.4. The number of piperidine rings is 1. The van der Waals surface area contributed by atoms with E-state index < -0.39 is 0 Å². The number of nitrogens with one attached hydrogen (secondary N) is 1. The Morgan fingerprint density at radius 3 is 2.67 bits per heavy atom. The SMILES string of the molecule is Cc1ccc(N2C[C@@H](C)C[C@@H](N3Cc4ccc(N5CCNCC5)cc4C3)C2)c2cccnc12. The predicted octanol–water partition coefficient (Wildman–Crippen LogP) is 4.18. The number of fused-ring (bicyclic) bond motifs is 2. The standard InChI is InChI=1S/C28H35N5/c1-20-14-25(19-33(16-20)27-8-5-21(2)28-26(27)4-3-9-30-28)32-17-22-6-7-24(15-23(22)18-32)31-12-10-29-11-13-31/h3-9,15,20,25,29H,10-14,16-19H2,1-2H3/t20-,25+/m0/s1. The van der Waals surface area contributed by atoms with Crippen LogP contribution in [0.3, 0.4) is 0 Å². The molecule has 4 heterocycles. The van der Waals surface area contributed by atoms with Gasteiger partial charge in [0, 0.05) is 81.4 Å². The maximum Gasteiger partial charge on any atom is 0.0751 e. The molecule has 33 heavy (non-hydrogen) atoms. The fourth-order valence-electron chi connectivity index (χ4n) is 6.14. The third-order valence-corrected chi connectivity index (χ3v) is 7.86. The van der Waals surface area contributed by atoms with E-state index in [1.165, 1.54) is 39.9 Å². The number of aryl methyl sites for hydroxylation is 1. The van der Waals surface area contributed by atoms with Crippen molar-refractivity contribution < 1.29 is 0 Å². The van der Waals surface area contributed by atoms with Crippen molar-refractivity contribution in [2.75, 3.05) is 49.1 Å². The van der Waals surface area contributed by atoms with Crippen molar-refractivity contribution in [3.63, 3.8) is 0 Å². The van der Waals surface area contributed by atoms with Gasteiger partial charge in [-0.3, -0.25) is 9.88 Å². The second-order valence-electron chi connectivity index (χ2n) is 10.3. The molecule has 2 saturated heterocycles. The molecule has 0 amide bonds. The van der Waals surface area contributed by atoms with E-state index in [1.807, 2.05) is 6.20 Å². The van der Waals surface area contributed by atoms with E-state index in [0.29, 0.717) is 12.0 Å². The predicted molar refractivity (Wildman–Crippen MR) is 137 cm³/mol. The topological polar surface area (TPSA) is 34.6 Å². The molecule has 0 radical (unpaired) electrons. The zero-order valence-corrected chi connectivity index (χ0v) is 19.9. The van der Waals surface area contributed by atoms with Crippen LogP contribution in [0.4, 0.5) is 11.4 Å². The highest BCUT2D eigenvalue weighted by Gasteiger charge is 2.33. The van der Waals surface area contributed by atoms with E-state index >= 15 is 0 Å². The molecule has 0 saturated carbocycles. The van der Waals surface area contributed by atoms with E-state index in [9.17, 15) is 0 Å². The Hall–Kier alpha value is -2.63. The molecule has 3 aliphatic rings. The van der Waals surface area contributed by atoms with Crippen LogP contribution in [0, 0.1) is 12.8 Å².